The van der Waals surface area contributed by atoms with E-state index in [2.05, 4.69) is 10.6 Å². The summed E-state index contributed by atoms with van der Waals surface area (Å²) in [4.78, 5) is 119. The summed E-state index contributed by atoms with van der Waals surface area (Å²) < 4.78 is 87.4. The van der Waals surface area contributed by atoms with Crippen molar-refractivity contribution >= 4 is 77.1 Å². The number of alkyl halides is 2. The van der Waals surface area contributed by atoms with Crippen LogP contribution in [0.4, 0.5) is 14.5 Å². The highest BCUT2D eigenvalue weighted by Gasteiger charge is 2.56. The molecule has 0 radical (unpaired) electrons. The molecule has 3 aliphatic heterocycles. The molecule has 0 aliphatic carbocycles. The molecular weight excluding hydrogens is 1280 g/mol. The summed E-state index contributed by atoms with van der Waals surface area (Å²) in [6.45, 7) is 12.2. The molecule has 1 aromatic heterocycles. The Kier molecular flexibility index (Phi) is 25.1. The number of ether oxygens (including phenoxy) is 5. The lowest BCUT2D eigenvalue weighted by Crippen LogP contribution is -2.54. The second-order valence-corrected chi connectivity index (χ2v) is 29.0. The van der Waals surface area contributed by atoms with Crippen LogP contribution in [0.1, 0.15) is 152 Å². The number of carbonyl (C=O) groups excluding carboxylic acids is 8. The van der Waals surface area contributed by atoms with Crippen molar-refractivity contribution in [3.8, 4) is 0 Å². The molecule has 26 heteroatoms. The van der Waals surface area contributed by atoms with Crippen LogP contribution in [0.3, 0.4) is 0 Å². The van der Waals surface area contributed by atoms with Gasteiger partial charge in [-0.1, -0.05) is 78.9 Å². The van der Waals surface area contributed by atoms with Gasteiger partial charge in [0.15, 0.2) is 5.78 Å². The third-order valence-corrected chi connectivity index (χ3v) is 19.3. The first-order chi connectivity index (χ1) is 45.9. The number of carbonyl (C=O) groups is 8. The van der Waals surface area contributed by atoms with E-state index in [1.807, 2.05) is 60.7 Å². The van der Waals surface area contributed by atoms with Crippen LogP contribution in [0.15, 0.2) is 95.8 Å². The van der Waals surface area contributed by atoms with Crippen molar-refractivity contribution in [2.75, 3.05) is 44.9 Å². The van der Waals surface area contributed by atoms with Gasteiger partial charge >= 0.3 is 30.9 Å². The van der Waals surface area contributed by atoms with Crippen molar-refractivity contribution in [3.63, 3.8) is 0 Å². The highest BCUT2D eigenvalue weighted by molar-refractivity contribution is 7.54. The van der Waals surface area contributed by atoms with Gasteiger partial charge < -0.3 is 34.7 Å². The minimum absolute atomic E-state index is 0.0478. The number of aryl methyl sites for hydroxylation is 4. The molecule has 3 aliphatic rings. The number of anilines is 1. The van der Waals surface area contributed by atoms with E-state index >= 15 is 8.78 Å². The van der Waals surface area contributed by atoms with Crippen LogP contribution in [0, 0.1) is 16.7 Å². The summed E-state index contributed by atoms with van der Waals surface area (Å²) in [6.07, 6.45) is 4.86. The Morgan fingerprint density at radius 3 is 2.00 bits per heavy atom. The standard InChI is InChI=1S/C71H89F2N6O17P/c1-44(48-26-28-53(29-27-48)71(72,73)97(89,95-42-93-66(86)69(3,4)5)96-43-94-67(87)70(6,7)8)38-54(80)39-52-25-24-50-15-10-17-51-40-58(79(61(50)51)65(52)85)64(84)75-55(30-32-59(74)81)45(2)92-41-47-22-20-46(21-23-47)14-12-34-90-36-37-91-35-13-18-49-16-11-19-56-62(49)77(9)68(88)78(56)57-31-33-60(82)76-63(57)83/h10-11,15-17,19-23,26-29,38,45,52,55,57-58H,12-14,18,24-25,30-37,39-43H2,1-9H3,(H2,74,81)(H,75,84)(H,76,82,83)/b44-38+/t45-,52-,55+,57?,58+/m1/s1. The fourth-order valence-corrected chi connectivity index (χ4v) is 13.1. The number of nitrogens with one attached hydrogen (secondary N) is 2. The lowest BCUT2D eigenvalue weighted by molar-refractivity contribution is -0.163. The number of amides is 5. The summed E-state index contributed by atoms with van der Waals surface area (Å²) in [5.74, 6) is -5.22. The summed E-state index contributed by atoms with van der Waals surface area (Å²) in [5, 5.41) is 5.42. The molecule has 5 amide bonds. The normalized spacial score (nSPS) is 17.5. The number of imidazole rings is 1. The maximum Gasteiger partial charge on any atom is 0.410 e. The molecule has 4 aromatic carbocycles. The molecule has 0 spiro atoms. The van der Waals surface area contributed by atoms with E-state index in [9.17, 15) is 47.7 Å². The Hall–Kier alpha value is -8.06. The number of benzene rings is 4. The van der Waals surface area contributed by atoms with E-state index in [1.165, 1.54) is 69.2 Å². The highest BCUT2D eigenvalue weighted by Crippen LogP contribution is 2.67. The lowest BCUT2D eigenvalue weighted by atomic mass is 9.92. The first-order valence-electron chi connectivity index (χ1n) is 32.7. The van der Waals surface area contributed by atoms with Crippen molar-refractivity contribution in [1.29, 1.82) is 0 Å². The van der Waals surface area contributed by atoms with Crippen LogP contribution in [0.25, 0.3) is 16.6 Å². The molecule has 0 bridgehead atoms. The lowest BCUT2D eigenvalue weighted by Gasteiger charge is -2.31. The monoisotopic (exact) mass is 1370 g/mol. The Morgan fingerprint density at radius 2 is 1.38 bits per heavy atom. The number of piperidine rings is 1. The molecule has 5 atom stereocenters. The van der Waals surface area contributed by atoms with Crippen LogP contribution in [-0.4, -0.2) is 115 Å². The number of rotatable bonds is 33. The zero-order valence-electron chi connectivity index (χ0n) is 56.5. The van der Waals surface area contributed by atoms with E-state index in [1.54, 1.807) is 25.5 Å². The molecule has 524 valence electrons. The predicted molar refractivity (Wildman–Crippen MR) is 355 cm³/mol. The molecule has 0 saturated carbocycles. The van der Waals surface area contributed by atoms with Gasteiger partial charge in [-0.15, -0.1) is 0 Å². The Bertz CT molecular complexity index is 3820. The number of fused-ring (bicyclic) bond motifs is 1. The van der Waals surface area contributed by atoms with Crippen molar-refractivity contribution in [2.24, 2.45) is 29.5 Å². The molecule has 5 aromatic rings. The maximum absolute atomic E-state index is 16.3. The van der Waals surface area contributed by atoms with Gasteiger partial charge in [0.05, 0.1) is 59.5 Å². The molecule has 1 saturated heterocycles. The topological polar surface area (TPSA) is 298 Å². The van der Waals surface area contributed by atoms with Crippen molar-refractivity contribution in [1.82, 2.24) is 19.8 Å². The average Bonchev–Trinajstić information content (AvgIpc) is 1.71. The number of nitrogens with two attached hydrogens (primary N) is 1. The van der Waals surface area contributed by atoms with Gasteiger partial charge in [-0.2, -0.15) is 8.78 Å². The van der Waals surface area contributed by atoms with Gasteiger partial charge in [-0.25, -0.2) is 4.79 Å². The summed E-state index contributed by atoms with van der Waals surface area (Å²) in [7, 11) is -3.91. The molecule has 1 unspecified atom stereocenters. The van der Waals surface area contributed by atoms with Crippen molar-refractivity contribution in [3.05, 3.63) is 140 Å². The summed E-state index contributed by atoms with van der Waals surface area (Å²) in [6, 6.07) is 21.3. The quantitative estimate of drug-likeness (QED) is 0.00879. The van der Waals surface area contributed by atoms with E-state index < -0.39 is 115 Å². The van der Waals surface area contributed by atoms with Crippen LogP contribution in [-0.2, 0) is 121 Å². The van der Waals surface area contributed by atoms with E-state index in [4.69, 9.17) is 38.5 Å². The second-order valence-electron chi connectivity index (χ2n) is 26.9. The molecule has 1 fully saturated rings. The summed E-state index contributed by atoms with van der Waals surface area (Å²) in [5.41, 5.74) is 5.30. The zero-order valence-corrected chi connectivity index (χ0v) is 57.4. The Balaban J connectivity index is 0.803. The van der Waals surface area contributed by atoms with Gasteiger partial charge in [0.1, 0.15) is 12.1 Å². The van der Waals surface area contributed by atoms with Crippen molar-refractivity contribution in [2.45, 2.75) is 169 Å². The smallest absolute Gasteiger partial charge is 0.410 e. The molecule has 97 heavy (non-hydrogen) atoms. The fourth-order valence-electron chi connectivity index (χ4n) is 11.9. The largest absolute Gasteiger partial charge is 0.438 e. The molecule has 23 nitrogen and oxygen atoms in total. The van der Waals surface area contributed by atoms with E-state index in [-0.39, 0.29) is 56.7 Å². The number of halogens is 2. The number of allylic oxidation sites excluding steroid dienone is 2. The molecular formula is C71H89F2N6O17P. The number of imide groups is 1. The number of ketones is 1. The maximum atomic E-state index is 16.3. The van der Waals surface area contributed by atoms with E-state index in [0.29, 0.717) is 74.5 Å². The van der Waals surface area contributed by atoms with Gasteiger partial charge in [0, 0.05) is 57.4 Å². The van der Waals surface area contributed by atoms with Gasteiger partial charge in [0.2, 0.25) is 43.1 Å². The number of nitrogens with zero attached hydrogens (tertiary/aromatic N) is 3. The SMILES string of the molecule is C/C(=C\C(=O)C[C@H]1CCc2cccc3c2N(C1=O)[C@H](C(=O)N[C@@H](CCC(N)=O)[C@@H](C)OCc1ccc(CCCOCCOCCCc2cccc4c2n(C)c(=O)n4C2CCC(=O)NC2=O)cc1)C3)c1ccc(C(F)(F)P(=O)(OCOC(=O)C(C)(C)C)OCOC(=O)C(C)(C)C)cc1. The average molecular weight is 1370 g/mol. The minimum atomic E-state index is -5.60. The number of hydrogen-bond acceptors (Lipinski definition) is 17. The van der Waals surface area contributed by atoms with Crippen LogP contribution < -0.4 is 27.0 Å². The van der Waals surface area contributed by atoms with Gasteiger partial charge in [-0.3, -0.25) is 71.3 Å². The number of primary amides is 1. The van der Waals surface area contributed by atoms with Crippen molar-refractivity contribution < 1.29 is 84.4 Å². The number of hydrogen-bond donors (Lipinski definition) is 3. The zero-order chi connectivity index (χ0) is 70.6. The predicted octanol–water partition coefficient (Wildman–Crippen LogP) is 9.52. The number of esters is 2. The first-order valence-corrected chi connectivity index (χ1v) is 34.3. The Labute approximate surface area is 562 Å². The van der Waals surface area contributed by atoms with Gasteiger partial charge in [-0.05, 0) is 158 Å². The minimum Gasteiger partial charge on any atom is -0.438 e. The fraction of sp³-hybridized carbons (Fsp3) is 0.507. The molecule has 8 rings (SSSR count). The van der Waals surface area contributed by atoms with Crippen LogP contribution in [0.2, 0.25) is 0 Å². The number of para-hydroxylation sites is 2. The third kappa shape index (κ3) is 18.8. The second kappa shape index (κ2) is 32.5. The molecule has 4 heterocycles. The first kappa shape index (κ1) is 74.7. The van der Waals surface area contributed by atoms with Gasteiger partial charge in [0.25, 0.3) is 0 Å². The van der Waals surface area contributed by atoms with Crippen LogP contribution in [0.5, 0.6) is 0 Å². The Morgan fingerprint density at radius 1 is 0.773 bits per heavy atom. The third-order valence-electron chi connectivity index (χ3n) is 17.4. The molecule has 4 N–H and O–H groups in total. The van der Waals surface area contributed by atoms with E-state index in [0.717, 1.165) is 58.3 Å². The van der Waals surface area contributed by atoms with Crippen LogP contribution >= 0.6 is 7.60 Å². The summed E-state index contributed by atoms with van der Waals surface area (Å²) >= 11 is 0. The highest BCUT2D eigenvalue weighted by atomic mass is 31.2. The number of aromatic nitrogens is 2.